The Balaban J connectivity index is 1.86. The van der Waals surface area contributed by atoms with Crippen LogP contribution in [0.2, 0.25) is 0 Å². The first-order chi connectivity index (χ1) is 10.3. The van der Waals surface area contributed by atoms with E-state index in [0.717, 1.165) is 23.9 Å². The van der Waals surface area contributed by atoms with Crippen molar-refractivity contribution in [2.45, 2.75) is 63.2 Å². The molecule has 4 heteroatoms. The van der Waals surface area contributed by atoms with Crippen molar-refractivity contribution in [3.05, 3.63) is 24.0 Å². The van der Waals surface area contributed by atoms with Crippen LogP contribution in [0.3, 0.4) is 0 Å². The van der Waals surface area contributed by atoms with Gasteiger partial charge in [0.15, 0.2) is 0 Å². The monoisotopic (exact) mass is 307 g/mol. The van der Waals surface area contributed by atoms with Gasteiger partial charge in [-0.05, 0) is 43.9 Å². The first-order valence-corrected chi connectivity index (χ1v) is 9.37. The van der Waals surface area contributed by atoms with Gasteiger partial charge in [0.05, 0.1) is 0 Å². The topological polar surface area (TPSA) is 50.9 Å². The van der Waals surface area contributed by atoms with Crippen LogP contribution in [-0.4, -0.2) is 28.6 Å². The van der Waals surface area contributed by atoms with Crippen molar-refractivity contribution < 1.29 is 0 Å². The molecule has 0 amide bonds. The molecule has 21 heavy (non-hydrogen) atoms. The number of nitrogen functional groups attached to an aromatic ring is 1. The molecule has 1 aliphatic carbocycles. The first-order valence-electron chi connectivity index (χ1n) is 8.33. The van der Waals surface area contributed by atoms with Crippen molar-refractivity contribution in [2.75, 3.05) is 18.0 Å². The zero-order chi connectivity index (χ0) is 14.9. The van der Waals surface area contributed by atoms with Crippen molar-refractivity contribution in [1.82, 2.24) is 10.3 Å². The highest BCUT2D eigenvalue weighted by atomic mass is 32.2. The number of pyridine rings is 1. The Hall–Kier alpha value is -0.740. The molecule has 1 aliphatic rings. The Morgan fingerprint density at radius 2 is 2.19 bits per heavy atom. The van der Waals surface area contributed by atoms with Crippen LogP contribution in [0.4, 0.5) is 5.69 Å². The number of hydrogen-bond acceptors (Lipinski definition) is 4. The lowest BCUT2D eigenvalue weighted by Gasteiger charge is -2.25. The lowest BCUT2D eigenvalue weighted by Crippen LogP contribution is -2.35. The van der Waals surface area contributed by atoms with Gasteiger partial charge < -0.3 is 11.1 Å². The second kappa shape index (κ2) is 9.31. The molecule has 0 spiro atoms. The third kappa shape index (κ3) is 5.87. The molecule has 1 aromatic rings. The van der Waals surface area contributed by atoms with E-state index in [4.69, 9.17) is 5.73 Å². The maximum Gasteiger partial charge on any atom is 0.0378 e. The van der Waals surface area contributed by atoms with Gasteiger partial charge in [-0.3, -0.25) is 4.98 Å². The van der Waals surface area contributed by atoms with Crippen molar-refractivity contribution in [3.8, 4) is 0 Å². The van der Waals surface area contributed by atoms with Gasteiger partial charge in [0.2, 0.25) is 0 Å². The highest BCUT2D eigenvalue weighted by molar-refractivity contribution is 7.99. The van der Waals surface area contributed by atoms with E-state index >= 15 is 0 Å². The number of anilines is 1. The van der Waals surface area contributed by atoms with Gasteiger partial charge >= 0.3 is 0 Å². The molecule has 1 atom stereocenters. The summed E-state index contributed by atoms with van der Waals surface area (Å²) in [6, 6.07) is 2.41. The van der Waals surface area contributed by atoms with E-state index in [1.54, 1.807) is 6.20 Å². The summed E-state index contributed by atoms with van der Waals surface area (Å²) >= 11 is 2.16. The maximum absolute atomic E-state index is 6.06. The number of nitrogens with two attached hydrogens (primary N) is 1. The molecule has 1 heterocycles. The fourth-order valence-electron chi connectivity index (χ4n) is 2.90. The average molecular weight is 308 g/mol. The van der Waals surface area contributed by atoms with E-state index < -0.39 is 0 Å². The molecule has 0 saturated heterocycles. The molecule has 2 rings (SSSR count). The Morgan fingerprint density at radius 1 is 1.38 bits per heavy atom. The summed E-state index contributed by atoms with van der Waals surface area (Å²) in [5.74, 6) is 1.18. The number of aromatic nitrogens is 1. The minimum Gasteiger partial charge on any atom is -0.398 e. The van der Waals surface area contributed by atoms with Crippen molar-refractivity contribution in [3.63, 3.8) is 0 Å². The molecule has 1 saturated carbocycles. The Bertz CT molecular complexity index is 405. The van der Waals surface area contributed by atoms with Gasteiger partial charge in [-0.25, -0.2) is 0 Å². The van der Waals surface area contributed by atoms with Crippen LogP contribution in [0.15, 0.2) is 18.5 Å². The minimum absolute atomic E-state index is 0.503. The molecule has 1 fully saturated rings. The number of hydrogen-bond donors (Lipinski definition) is 2. The summed E-state index contributed by atoms with van der Waals surface area (Å²) in [6.45, 7) is 3.30. The summed E-state index contributed by atoms with van der Waals surface area (Å²) < 4.78 is 0. The zero-order valence-electron chi connectivity index (χ0n) is 13.2. The van der Waals surface area contributed by atoms with E-state index in [1.165, 1.54) is 49.8 Å². The molecule has 3 nitrogen and oxygen atoms in total. The second-order valence-electron chi connectivity index (χ2n) is 6.02. The molecule has 0 radical (unpaired) electrons. The van der Waals surface area contributed by atoms with E-state index in [2.05, 4.69) is 29.0 Å². The zero-order valence-corrected chi connectivity index (χ0v) is 14.0. The summed E-state index contributed by atoms with van der Waals surface area (Å²) in [5, 5.41) is 4.55. The van der Waals surface area contributed by atoms with Crippen LogP contribution >= 0.6 is 11.8 Å². The van der Waals surface area contributed by atoms with Crippen LogP contribution in [0.5, 0.6) is 0 Å². The number of nitrogens with one attached hydrogen (secondary N) is 1. The number of rotatable bonds is 8. The van der Waals surface area contributed by atoms with E-state index in [-0.39, 0.29) is 0 Å². The van der Waals surface area contributed by atoms with Crippen molar-refractivity contribution in [1.29, 1.82) is 0 Å². The summed E-state index contributed by atoms with van der Waals surface area (Å²) in [6.07, 6.45) is 12.9. The third-order valence-electron chi connectivity index (χ3n) is 4.18. The predicted molar refractivity (Wildman–Crippen MR) is 93.8 cm³/mol. The van der Waals surface area contributed by atoms with E-state index in [0.29, 0.717) is 6.04 Å². The second-order valence-corrected chi connectivity index (χ2v) is 7.36. The summed E-state index contributed by atoms with van der Waals surface area (Å²) in [5.41, 5.74) is 8.11. The van der Waals surface area contributed by atoms with Crippen LogP contribution < -0.4 is 11.1 Å². The SMILES string of the molecule is CCCNC(CSC1CCCCC1)Cc1cnccc1N. The predicted octanol–water partition coefficient (Wildman–Crippen LogP) is 3.64. The van der Waals surface area contributed by atoms with Gasteiger partial charge in [0.1, 0.15) is 0 Å². The smallest absolute Gasteiger partial charge is 0.0378 e. The standard InChI is InChI=1S/C17H29N3S/c1-2-9-20-15(11-14-12-19-10-8-17(14)18)13-21-16-6-4-3-5-7-16/h8,10,12,15-16,20H,2-7,9,11,13H2,1H3,(H2,18,19). The largest absolute Gasteiger partial charge is 0.398 e. The molecule has 118 valence electrons. The third-order valence-corrected chi connectivity index (χ3v) is 5.71. The molecule has 0 bridgehead atoms. The molecule has 3 N–H and O–H groups in total. The van der Waals surface area contributed by atoms with Crippen molar-refractivity contribution in [2.24, 2.45) is 0 Å². The van der Waals surface area contributed by atoms with Crippen LogP contribution in [0.1, 0.15) is 51.0 Å². The lowest BCUT2D eigenvalue weighted by molar-refractivity contribution is 0.511. The van der Waals surface area contributed by atoms with Gasteiger partial charge in [-0.15, -0.1) is 0 Å². The van der Waals surface area contributed by atoms with Crippen LogP contribution in [0.25, 0.3) is 0 Å². The quantitative estimate of drug-likeness (QED) is 0.770. The Labute approximate surface area is 133 Å². The molecule has 0 aliphatic heterocycles. The van der Waals surface area contributed by atoms with Gasteiger partial charge in [0, 0.05) is 35.1 Å². The molecule has 1 unspecified atom stereocenters. The highest BCUT2D eigenvalue weighted by Crippen LogP contribution is 2.29. The number of thioether (sulfide) groups is 1. The summed E-state index contributed by atoms with van der Waals surface area (Å²) in [7, 11) is 0. The Morgan fingerprint density at radius 3 is 2.90 bits per heavy atom. The van der Waals surface area contributed by atoms with Crippen LogP contribution in [0, 0.1) is 0 Å². The first kappa shape index (κ1) is 16.6. The normalized spacial score (nSPS) is 17.8. The minimum atomic E-state index is 0.503. The Kier molecular flexibility index (Phi) is 7.37. The molecular weight excluding hydrogens is 278 g/mol. The van der Waals surface area contributed by atoms with Gasteiger partial charge in [-0.2, -0.15) is 11.8 Å². The average Bonchev–Trinajstić information content (AvgIpc) is 2.53. The van der Waals surface area contributed by atoms with E-state index in [1.807, 2.05) is 12.3 Å². The molecular formula is C17H29N3S. The lowest BCUT2D eigenvalue weighted by atomic mass is 10.0. The van der Waals surface area contributed by atoms with Gasteiger partial charge in [0.25, 0.3) is 0 Å². The fraction of sp³-hybridized carbons (Fsp3) is 0.706. The number of nitrogens with zero attached hydrogens (tertiary/aromatic N) is 1. The maximum atomic E-state index is 6.06. The summed E-state index contributed by atoms with van der Waals surface area (Å²) in [4.78, 5) is 4.21. The van der Waals surface area contributed by atoms with Crippen LogP contribution in [-0.2, 0) is 6.42 Å². The fourth-order valence-corrected chi connectivity index (χ4v) is 4.30. The van der Waals surface area contributed by atoms with Gasteiger partial charge in [-0.1, -0.05) is 26.2 Å². The molecule has 1 aromatic heterocycles. The van der Waals surface area contributed by atoms with Crippen molar-refractivity contribution >= 4 is 17.4 Å². The molecule has 0 aromatic carbocycles. The van der Waals surface area contributed by atoms with E-state index in [9.17, 15) is 0 Å². The highest BCUT2D eigenvalue weighted by Gasteiger charge is 2.17.